The van der Waals surface area contributed by atoms with E-state index in [9.17, 15) is 0 Å². The molecule has 0 unspecified atom stereocenters. The van der Waals surface area contributed by atoms with E-state index in [0.717, 1.165) is 50.4 Å². The average molecular weight is 469 g/mol. The lowest BCUT2D eigenvalue weighted by molar-refractivity contribution is 0.307. The fourth-order valence-corrected chi connectivity index (χ4v) is 4.30. The summed E-state index contributed by atoms with van der Waals surface area (Å²) in [6.45, 7) is 0.509. The quantitative estimate of drug-likeness (QED) is 0.212. The van der Waals surface area contributed by atoms with E-state index in [1.807, 2.05) is 42.5 Å². The first-order valence-corrected chi connectivity index (χ1v) is 12.1. The van der Waals surface area contributed by atoms with Crippen molar-refractivity contribution in [3.05, 3.63) is 144 Å². The van der Waals surface area contributed by atoms with Crippen LogP contribution in [0.25, 0.3) is 34.4 Å². The van der Waals surface area contributed by atoms with Crippen molar-refractivity contribution in [3.63, 3.8) is 0 Å². The van der Waals surface area contributed by atoms with E-state index < -0.39 is 0 Å². The largest absolute Gasteiger partial charge is 0.496 e. The third kappa shape index (κ3) is 5.39. The Morgan fingerprint density at radius 2 is 1.25 bits per heavy atom. The van der Waals surface area contributed by atoms with Crippen LogP contribution in [0.15, 0.2) is 127 Å². The highest BCUT2D eigenvalue weighted by Crippen LogP contribution is 2.35. The van der Waals surface area contributed by atoms with Crippen LogP contribution in [0, 0.1) is 0 Å². The zero-order valence-electron chi connectivity index (χ0n) is 20.3. The van der Waals surface area contributed by atoms with Gasteiger partial charge in [-0.15, -0.1) is 0 Å². The van der Waals surface area contributed by atoms with Gasteiger partial charge in [-0.1, -0.05) is 127 Å². The highest BCUT2D eigenvalue weighted by atomic mass is 16.5. The average Bonchev–Trinajstić information content (AvgIpc) is 2.96. The molecule has 0 fully saturated rings. The van der Waals surface area contributed by atoms with Gasteiger partial charge in [-0.05, 0) is 34.4 Å². The Bertz CT molecular complexity index is 1450. The minimum Gasteiger partial charge on any atom is -0.496 e. The molecular weight excluding hydrogens is 440 g/mol. The number of ether oxygens (including phenoxy) is 2. The topological polar surface area (TPSA) is 18.5 Å². The molecule has 5 aromatic rings. The van der Waals surface area contributed by atoms with Crippen molar-refractivity contribution in [1.29, 1.82) is 0 Å². The van der Waals surface area contributed by atoms with Gasteiger partial charge >= 0.3 is 0 Å². The maximum absolute atomic E-state index is 6.45. The van der Waals surface area contributed by atoms with E-state index in [0.29, 0.717) is 6.61 Å². The first-order valence-electron chi connectivity index (χ1n) is 12.1. The van der Waals surface area contributed by atoms with Gasteiger partial charge in [0.2, 0.25) is 0 Å². The van der Waals surface area contributed by atoms with E-state index in [-0.39, 0.29) is 0 Å². The third-order valence-corrected chi connectivity index (χ3v) is 6.12. The highest BCUT2D eigenvalue weighted by molar-refractivity contribution is 5.82. The SMILES string of the molecule is COc1ccccc1-c1cccc(C=Cc2cccc(-c3ccccc3)c2OCc2ccccc2)c1. The predicted molar refractivity (Wildman–Crippen MR) is 150 cm³/mol. The van der Waals surface area contributed by atoms with Gasteiger partial charge in [-0.3, -0.25) is 0 Å². The van der Waals surface area contributed by atoms with Crippen molar-refractivity contribution in [1.82, 2.24) is 0 Å². The first-order chi connectivity index (χ1) is 17.8. The standard InChI is InChI=1S/C34H28O2/c1-35-33-21-9-8-19-31(33)30-18-10-14-26(24-30)22-23-29-17-11-20-32(28-15-6-3-7-16-28)34(29)36-25-27-12-4-2-5-13-27/h2-24H,25H2,1H3. The van der Waals surface area contributed by atoms with Crippen molar-refractivity contribution in [2.75, 3.05) is 7.11 Å². The van der Waals surface area contributed by atoms with Crippen molar-refractivity contribution >= 4 is 12.2 Å². The van der Waals surface area contributed by atoms with Crippen molar-refractivity contribution in [3.8, 4) is 33.8 Å². The molecule has 0 heterocycles. The minimum atomic E-state index is 0.509. The minimum absolute atomic E-state index is 0.509. The summed E-state index contributed by atoms with van der Waals surface area (Å²) in [6, 6.07) is 43.6. The molecular formula is C34H28O2. The van der Waals surface area contributed by atoms with Crippen LogP contribution in [0.1, 0.15) is 16.7 Å². The third-order valence-electron chi connectivity index (χ3n) is 6.12. The Morgan fingerprint density at radius 3 is 2.06 bits per heavy atom. The lowest BCUT2D eigenvalue weighted by atomic mass is 9.99. The molecule has 0 aliphatic carbocycles. The molecule has 36 heavy (non-hydrogen) atoms. The number of rotatable bonds is 8. The van der Waals surface area contributed by atoms with Gasteiger partial charge in [-0.2, -0.15) is 0 Å². The number of methoxy groups -OCH3 is 1. The molecule has 0 amide bonds. The van der Waals surface area contributed by atoms with Crippen LogP contribution in [-0.2, 0) is 6.61 Å². The number of hydrogen-bond donors (Lipinski definition) is 0. The van der Waals surface area contributed by atoms with E-state index >= 15 is 0 Å². The van der Waals surface area contributed by atoms with Gasteiger partial charge in [-0.25, -0.2) is 0 Å². The Morgan fingerprint density at radius 1 is 0.583 bits per heavy atom. The van der Waals surface area contributed by atoms with E-state index in [1.54, 1.807) is 7.11 Å². The summed E-state index contributed by atoms with van der Waals surface area (Å²) in [5, 5.41) is 0. The van der Waals surface area contributed by atoms with Gasteiger partial charge < -0.3 is 9.47 Å². The van der Waals surface area contributed by atoms with Gasteiger partial charge in [0, 0.05) is 16.7 Å². The normalized spacial score (nSPS) is 10.9. The second-order valence-electron chi connectivity index (χ2n) is 8.52. The van der Waals surface area contributed by atoms with Crippen LogP contribution in [0.5, 0.6) is 11.5 Å². The van der Waals surface area contributed by atoms with E-state index in [1.165, 1.54) is 0 Å². The lowest BCUT2D eigenvalue weighted by Gasteiger charge is -2.15. The zero-order chi connectivity index (χ0) is 24.6. The van der Waals surface area contributed by atoms with Crippen LogP contribution < -0.4 is 9.47 Å². The Hall–Kier alpha value is -4.56. The maximum Gasteiger partial charge on any atom is 0.134 e. The molecule has 0 spiro atoms. The van der Waals surface area contributed by atoms with Gasteiger partial charge in [0.25, 0.3) is 0 Å². The summed E-state index contributed by atoms with van der Waals surface area (Å²) < 4.78 is 12.0. The number of benzene rings is 5. The molecule has 0 saturated carbocycles. The summed E-state index contributed by atoms with van der Waals surface area (Å²) in [7, 11) is 1.71. The lowest BCUT2D eigenvalue weighted by Crippen LogP contribution is -1.99. The summed E-state index contributed by atoms with van der Waals surface area (Å²) in [5.74, 6) is 1.75. The second-order valence-corrected chi connectivity index (χ2v) is 8.52. The summed E-state index contributed by atoms with van der Waals surface area (Å²) in [6.07, 6.45) is 4.27. The van der Waals surface area contributed by atoms with Crippen LogP contribution >= 0.6 is 0 Å². The van der Waals surface area contributed by atoms with Crippen molar-refractivity contribution < 1.29 is 9.47 Å². The molecule has 0 aromatic heterocycles. The number of para-hydroxylation sites is 2. The Labute approximate surface area is 213 Å². The zero-order valence-corrected chi connectivity index (χ0v) is 20.3. The molecule has 0 N–H and O–H groups in total. The van der Waals surface area contributed by atoms with Crippen LogP contribution in [-0.4, -0.2) is 7.11 Å². The number of hydrogen-bond acceptors (Lipinski definition) is 2. The molecule has 0 aliphatic heterocycles. The van der Waals surface area contributed by atoms with Crippen LogP contribution in [0.2, 0.25) is 0 Å². The second kappa shape index (κ2) is 11.2. The van der Waals surface area contributed by atoms with Crippen LogP contribution in [0.4, 0.5) is 0 Å². The molecule has 176 valence electrons. The summed E-state index contributed by atoms with van der Waals surface area (Å²) >= 11 is 0. The molecule has 5 aromatic carbocycles. The molecule has 2 nitrogen and oxygen atoms in total. The molecule has 0 saturated heterocycles. The summed E-state index contributed by atoms with van der Waals surface area (Å²) in [4.78, 5) is 0. The Balaban J connectivity index is 1.49. The van der Waals surface area contributed by atoms with Gasteiger partial charge in [0.15, 0.2) is 0 Å². The monoisotopic (exact) mass is 468 g/mol. The van der Waals surface area contributed by atoms with Gasteiger partial charge in [0.1, 0.15) is 18.1 Å². The molecule has 2 heteroatoms. The maximum atomic E-state index is 6.45. The fourth-order valence-electron chi connectivity index (χ4n) is 4.30. The first kappa shape index (κ1) is 23.2. The van der Waals surface area contributed by atoms with Crippen molar-refractivity contribution in [2.45, 2.75) is 6.61 Å². The van der Waals surface area contributed by atoms with E-state index in [4.69, 9.17) is 9.47 Å². The fraction of sp³-hybridized carbons (Fsp3) is 0.0588. The molecule has 0 aliphatic rings. The van der Waals surface area contributed by atoms with E-state index in [2.05, 4.69) is 97.1 Å². The molecule has 0 radical (unpaired) electrons. The summed E-state index contributed by atoms with van der Waals surface area (Å²) in [5.41, 5.74) is 7.69. The molecule has 0 atom stereocenters. The highest BCUT2D eigenvalue weighted by Gasteiger charge is 2.11. The molecule has 5 rings (SSSR count). The molecule has 0 bridgehead atoms. The van der Waals surface area contributed by atoms with Crippen molar-refractivity contribution in [2.24, 2.45) is 0 Å². The van der Waals surface area contributed by atoms with Gasteiger partial charge in [0.05, 0.1) is 7.11 Å². The smallest absolute Gasteiger partial charge is 0.134 e. The predicted octanol–water partition coefficient (Wildman–Crippen LogP) is 8.78. The Kier molecular flexibility index (Phi) is 7.24. The van der Waals surface area contributed by atoms with Crippen LogP contribution in [0.3, 0.4) is 0 Å².